The van der Waals surface area contributed by atoms with E-state index < -0.39 is 8.60 Å². The fraction of sp³-hybridized carbons (Fsp3) is 0.833. The zero-order chi connectivity index (χ0) is 8.27. The zero-order valence-corrected chi connectivity index (χ0v) is 7.47. The quantitative estimate of drug-likeness (QED) is 0.572. The van der Waals surface area contributed by atoms with Crippen molar-refractivity contribution in [2.45, 2.75) is 26.4 Å². The Kier molecular flexibility index (Phi) is 3.24. The smallest absolute Gasteiger partial charge is 0.394 e. The van der Waals surface area contributed by atoms with Crippen LogP contribution in [0.2, 0.25) is 0 Å². The van der Waals surface area contributed by atoms with Crippen LogP contribution >= 0.6 is 8.60 Å². The Morgan fingerprint density at radius 2 is 2.45 bits per heavy atom. The van der Waals surface area contributed by atoms with Gasteiger partial charge in [0.05, 0.1) is 12.7 Å². The standard InChI is InChI=1S/C6H11O4P/c1-5-3-4-8-11(9-5)10-6(2)7/h5H,3-4H2,1-2H3/t5-,11-/m1/s1. The molecule has 0 saturated carbocycles. The molecule has 0 spiro atoms. The molecule has 1 aliphatic heterocycles. The molecule has 11 heavy (non-hydrogen) atoms. The second-order valence-corrected chi connectivity index (χ2v) is 3.44. The molecular formula is C6H11O4P. The van der Waals surface area contributed by atoms with Gasteiger partial charge in [-0.2, -0.15) is 0 Å². The molecule has 0 N–H and O–H groups in total. The molecule has 2 atom stereocenters. The molecule has 0 unspecified atom stereocenters. The summed E-state index contributed by atoms with van der Waals surface area (Å²) in [6, 6.07) is 0. The van der Waals surface area contributed by atoms with E-state index in [1.165, 1.54) is 6.92 Å². The maximum atomic E-state index is 10.5. The van der Waals surface area contributed by atoms with Crippen LogP contribution < -0.4 is 0 Å². The van der Waals surface area contributed by atoms with Crippen molar-refractivity contribution in [3.63, 3.8) is 0 Å². The Labute approximate surface area is 66.8 Å². The molecule has 1 fully saturated rings. The molecule has 1 saturated heterocycles. The lowest BCUT2D eigenvalue weighted by Crippen LogP contribution is -2.16. The molecule has 0 aromatic rings. The third kappa shape index (κ3) is 3.14. The number of carbonyl (C=O) groups excluding carboxylic acids is 1. The Balaban J connectivity index is 2.28. The molecule has 4 nitrogen and oxygen atoms in total. The first kappa shape index (κ1) is 8.91. The van der Waals surface area contributed by atoms with Gasteiger partial charge >= 0.3 is 14.6 Å². The Morgan fingerprint density at radius 3 is 3.00 bits per heavy atom. The topological polar surface area (TPSA) is 44.8 Å². The lowest BCUT2D eigenvalue weighted by Gasteiger charge is -2.24. The lowest BCUT2D eigenvalue weighted by atomic mass is 10.3. The van der Waals surface area contributed by atoms with Gasteiger partial charge in [-0.1, -0.05) is 0 Å². The van der Waals surface area contributed by atoms with Gasteiger partial charge < -0.3 is 9.05 Å². The molecule has 1 rings (SSSR count). The van der Waals surface area contributed by atoms with Crippen molar-refractivity contribution >= 4 is 14.6 Å². The first-order valence-corrected chi connectivity index (χ1v) is 4.56. The van der Waals surface area contributed by atoms with Crippen LogP contribution in [0.15, 0.2) is 0 Å². The van der Waals surface area contributed by atoms with E-state index in [4.69, 9.17) is 13.6 Å². The van der Waals surface area contributed by atoms with Crippen LogP contribution in [0.4, 0.5) is 0 Å². The predicted molar refractivity (Wildman–Crippen MR) is 39.8 cm³/mol. The van der Waals surface area contributed by atoms with Crippen molar-refractivity contribution in [3.8, 4) is 0 Å². The summed E-state index contributed by atoms with van der Waals surface area (Å²) < 4.78 is 15.0. The molecule has 0 aromatic carbocycles. The number of hydrogen-bond donors (Lipinski definition) is 0. The first-order chi connectivity index (χ1) is 5.18. The Hall–Kier alpha value is -0.180. The molecule has 0 aromatic heterocycles. The minimum absolute atomic E-state index is 0.134. The second kappa shape index (κ2) is 4.00. The normalized spacial score (nSPS) is 31.5. The monoisotopic (exact) mass is 178 g/mol. The minimum atomic E-state index is -1.40. The summed E-state index contributed by atoms with van der Waals surface area (Å²) in [4.78, 5) is 10.5. The summed E-state index contributed by atoms with van der Waals surface area (Å²) in [5.41, 5.74) is 0. The van der Waals surface area contributed by atoms with Crippen molar-refractivity contribution in [1.29, 1.82) is 0 Å². The predicted octanol–water partition coefficient (Wildman–Crippen LogP) is 1.60. The van der Waals surface area contributed by atoms with E-state index in [2.05, 4.69) is 0 Å². The van der Waals surface area contributed by atoms with Gasteiger partial charge in [-0.15, -0.1) is 0 Å². The third-order valence-electron chi connectivity index (χ3n) is 1.19. The van der Waals surface area contributed by atoms with Gasteiger partial charge in [-0.3, -0.25) is 9.32 Å². The van der Waals surface area contributed by atoms with Crippen LogP contribution in [-0.4, -0.2) is 18.7 Å². The fourth-order valence-electron chi connectivity index (χ4n) is 0.676. The maximum Gasteiger partial charge on any atom is 0.399 e. The highest BCUT2D eigenvalue weighted by Gasteiger charge is 2.24. The largest absolute Gasteiger partial charge is 0.399 e. The Morgan fingerprint density at radius 1 is 1.73 bits per heavy atom. The summed E-state index contributed by atoms with van der Waals surface area (Å²) in [5.74, 6) is -0.356. The summed E-state index contributed by atoms with van der Waals surface area (Å²) in [6.45, 7) is 3.88. The van der Waals surface area contributed by atoms with Gasteiger partial charge in [0.2, 0.25) is 0 Å². The summed E-state index contributed by atoms with van der Waals surface area (Å²) in [5, 5.41) is 0. The first-order valence-electron chi connectivity index (χ1n) is 3.47. The molecule has 0 radical (unpaired) electrons. The van der Waals surface area contributed by atoms with E-state index in [0.29, 0.717) is 6.61 Å². The van der Waals surface area contributed by atoms with Crippen LogP contribution in [0.1, 0.15) is 20.3 Å². The van der Waals surface area contributed by atoms with Crippen molar-refractivity contribution in [3.05, 3.63) is 0 Å². The van der Waals surface area contributed by atoms with E-state index in [0.717, 1.165) is 6.42 Å². The van der Waals surface area contributed by atoms with Crippen LogP contribution in [0.25, 0.3) is 0 Å². The molecule has 5 heteroatoms. The van der Waals surface area contributed by atoms with Crippen LogP contribution in [0, 0.1) is 0 Å². The fourth-order valence-corrected chi connectivity index (χ4v) is 1.70. The van der Waals surface area contributed by atoms with E-state index in [1.807, 2.05) is 6.92 Å². The van der Waals surface area contributed by atoms with Gasteiger partial charge in [0.25, 0.3) is 0 Å². The second-order valence-electron chi connectivity index (χ2n) is 2.34. The van der Waals surface area contributed by atoms with Gasteiger partial charge in [0.15, 0.2) is 0 Å². The highest BCUT2D eigenvalue weighted by atomic mass is 31.2. The van der Waals surface area contributed by atoms with E-state index in [1.54, 1.807) is 0 Å². The van der Waals surface area contributed by atoms with Crippen LogP contribution in [-0.2, 0) is 18.4 Å². The molecule has 1 aliphatic rings. The van der Waals surface area contributed by atoms with Crippen molar-refractivity contribution in [1.82, 2.24) is 0 Å². The summed E-state index contributed by atoms with van der Waals surface area (Å²) in [7, 11) is -1.40. The number of carbonyl (C=O) groups is 1. The average molecular weight is 178 g/mol. The zero-order valence-electron chi connectivity index (χ0n) is 6.57. The van der Waals surface area contributed by atoms with E-state index in [-0.39, 0.29) is 12.1 Å². The van der Waals surface area contributed by atoms with Crippen molar-refractivity contribution < 1.29 is 18.4 Å². The number of rotatable bonds is 1. The van der Waals surface area contributed by atoms with Gasteiger partial charge in [-0.05, 0) is 13.3 Å². The molecule has 64 valence electrons. The molecule has 0 aliphatic carbocycles. The highest BCUT2D eigenvalue weighted by Crippen LogP contribution is 2.44. The highest BCUT2D eigenvalue weighted by molar-refractivity contribution is 7.42. The van der Waals surface area contributed by atoms with Crippen molar-refractivity contribution in [2.24, 2.45) is 0 Å². The van der Waals surface area contributed by atoms with Gasteiger partial charge in [-0.25, -0.2) is 0 Å². The Bertz CT molecular complexity index is 150. The van der Waals surface area contributed by atoms with Crippen LogP contribution in [0.5, 0.6) is 0 Å². The summed E-state index contributed by atoms with van der Waals surface area (Å²) in [6.07, 6.45) is 0.995. The molecular weight excluding hydrogens is 167 g/mol. The SMILES string of the molecule is CC(=O)O[P@]1OCC[C@@H](C)O1. The maximum absolute atomic E-state index is 10.5. The molecule has 1 heterocycles. The van der Waals surface area contributed by atoms with E-state index >= 15 is 0 Å². The number of hydrogen-bond acceptors (Lipinski definition) is 4. The third-order valence-corrected chi connectivity index (χ3v) is 2.52. The summed E-state index contributed by atoms with van der Waals surface area (Å²) >= 11 is 0. The van der Waals surface area contributed by atoms with E-state index in [9.17, 15) is 4.79 Å². The molecule has 0 amide bonds. The minimum Gasteiger partial charge on any atom is -0.394 e. The average Bonchev–Trinajstić information content (AvgIpc) is 1.85. The molecule has 0 bridgehead atoms. The van der Waals surface area contributed by atoms with Gasteiger partial charge in [0, 0.05) is 6.92 Å². The van der Waals surface area contributed by atoms with Crippen molar-refractivity contribution in [2.75, 3.05) is 6.61 Å². The lowest BCUT2D eigenvalue weighted by molar-refractivity contribution is -0.133. The van der Waals surface area contributed by atoms with Crippen LogP contribution in [0.3, 0.4) is 0 Å². The van der Waals surface area contributed by atoms with Gasteiger partial charge in [0.1, 0.15) is 0 Å².